The van der Waals surface area contributed by atoms with E-state index in [1.807, 2.05) is 12.1 Å². The van der Waals surface area contributed by atoms with Gasteiger partial charge in [0.1, 0.15) is 5.75 Å². The van der Waals surface area contributed by atoms with Crippen molar-refractivity contribution in [1.82, 2.24) is 0 Å². The van der Waals surface area contributed by atoms with Crippen LogP contribution in [0.2, 0.25) is 0 Å². The fourth-order valence-corrected chi connectivity index (χ4v) is 5.66. The molecule has 43 heavy (non-hydrogen) atoms. The van der Waals surface area contributed by atoms with Gasteiger partial charge in [-0.05, 0) is 67.3 Å². The number of carbonyl (C=O) groups is 1. The van der Waals surface area contributed by atoms with Crippen LogP contribution in [0.25, 0.3) is 0 Å². The van der Waals surface area contributed by atoms with Gasteiger partial charge in [0.05, 0.1) is 12.5 Å². The highest BCUT2D eigenvalue weighted by atomic mass is 16.6. The second-order valence-corrected chi connectivity index (χ2v) is 14.6. The Balaban J connectivity index is 2.01. The van der Waals surface area contributed by atoms with Crippen LogP contribution in [0, 0.1) is 0 Å². The van der Waals surface area contributed by atoms with Gasteiger partial charge in [0, 0.05) is 0 Å². The van der Waals surface area contributed by atoms with Gasteiger partial charge in [-0.1, -0.05) is 147 Å². The van der Waals surface area contributed by atoms with Crippen LogP contribution < -0.4 is 4.74 Å². The highest BCUT2D eigenvalue weighted by molar-refractivity contribution is 5.71. The summed E-state index contributed by atoms with van der Waals surface area (Å²) >= 11 is 0. The van der Waals surface area contributed by atoms with Crippen molar-refractivity contribution in [2.75, 3.05) is 13.7 Å². The third kappa shape index (κ3) is 6.88. The minimum Gasteiger partial charge on any atom is -0.482 e. The molecule has 0 unspecified atom stereocenters. The minimum atomic E-state index is -0.593. The summed E-state index contributed by atoms with van der Waals surface area (Å²) in [6, 6.07) is 35.5. The second kappa shape index (κ2) is 12.0. The molecule has 4 rings (SSSR count). The van der Waals surface area contributed by atoms with Crippen LogP contribution in [-0.4, -0.2) is 19.7 Å². The van der Waals surface area contributed by atoms with E-state index in [0.29, 0.717) is 5.75 Å². The van der Waals surface area contributed by atoms with Gasteiger partial charge < -0.3 is 9.47 Å². The number of carbonyl (C=O) groups excluding carboxylic acids is 1. The molecule has 0 saturated heterocycles. The molecule has 0 saturated carbocycles. The maximum Gasteiger partial charge on any atom is 0.343 e. The average Bonchev–Trinajstić information content (AvgIpc) is 2.96. The lowest BCUT2D eigenvalue weighted by atomic mass is 9.64. The van der Waals surface area contributed by atoms with Crippen molar-refractivity contribution in [1.29, 1.82) is 0 Å². The lowest BCUT2D eigenvalue weighted by molar-refractivity contribution is -0.142. The van der Waals surface area contributed by atoms with Crippen LogP contribution in [0.15, 0.2) is 97.1 Å². The summed E-state index contributed by atoms with van der Waals surface area (Å²) in [4.78, 5) is 11.7. The lowest BCUT2D eigenvalue weighted by Crippen LogP contribution is -2.31. The molecular formula is C40H48O3. The standard InChI is InChI=1S/C40H48O3/c1-37(2,3)28-11-17-31(18-12-28)40(32-19-13-29(14-20-32)38(4,5)6,33-21-15-30(16-22-33)39(7,8)9)34-23-25-35(26-24-34)43-27-36(41)42-10/h11-26H,27H2,1-10H3. The molecular weight excluding hydrogens is 528 g/mol. The molecule has 3 heteroatoms. The van der Waals surface area contributed by atoms with E-state index in [-0.39, 0.29) is 22.9 Å². The Kier molecular flexibility index (Phi) is 8.97. The van der Waals surface area contributed by atoms with E-state index in [1.54, 1.807) is 0 Å². The van der Waals surface area contributed by atoms with Crippen LogP contribution in [0.4, 0.5) is 0 Å². The second-order valence-electron chi connectivity index (χ2n) is 14.6. The maximum absolute atomic E-state index is 11.7. The third-order valence-corrected chi connectivity index (χ3v) is 8.42. The average molecular weight is 577 g/mol. The first-order valence-electron chi connectivity index (χ1n) is 15.2. The van der Waals surface area contributed by atoms with E-state index in [0.717, 1.165) is 5.56 Å². The molecule has 0 bridgehead atoms. The monoisotopic (exact) mass is 576 g/mol. The maximum atomic E-state index is 11.7. The number of hydrogen-bond acceptors (Lipinski definition) is 3. The minimum absolute atomic E-state index is 0.0442. The van der Waals surface area contributed by atoms with E-state index < -0.39 is 11.4 Å². The molecule has 0 heterocycles. The molecule has 226 valence electrons. The van der Waals surface area contributed by atoms with E-state index in [9.17, 15) is 4.79 Å². The van der Waals surface area contributed by atoms with Gasteiger partial charge in [0.15, 0.2) is 6.61 Å². The predicted molar refractivity (Wildman–Crippen MR) is 178 cm³/mol. The first-order valence-corrected chi connectivity index (χ1v) is 15.2. The molecule has 0 fully saturated rings. The van der Waals surface area contributed by atoms with Gasteiger partial charge in [-0.2, -0.15) is 0 Å². The number of hydrogen-bond donors (Lipinski definition) is 0. The quantitative estimate of drug-likeness (QED) is 0.162. The number of benzene rings is 4. The molecule has 0 N–H and O–H groups in total. The number of methoxy groups -OCH3 is 1. The highest BCUT2D eigenvalue weighted by Crippen LogP contribution is 2.47. The first kappa shape index (κ1) is 32.1. The number of esters is 1. The molecule has 3 nitrogen and oxygen atoms in total. The zero-order valence-corrected chi connectivity index (χ0v) is 27.7. The van der Waals surface area contributed by atoms with Gasteiger partial charge in [-0.25, -0.2) is 4.79 Å². The van der Waals surface area contributed by atoms with Crippen molar-refractivity contribution in [3.8, 4) is 5.75 Å². The Bertz CT molecular complexity index is 1370. The van der Waals surface area contributed by atoms with Crippen LogP contribution >= 0.6 is 0 Å². The van der Waals surface area contributed by atoms with Crippen LogP contribution in [0.3, 0.4) is 0 Å². The van der Waals surface area contributed by atoms with Gasteiger partial charge in [-0.15, -0.1) is 0 Å². The van der Waals surface area contributed by atoms with Crippen molar-refractivity contribution in [2.24, 2.45) is 0 Å². The first-order chi connectivity index (χ1) is 20.1. The zero-order valence-electron chi connectivity index (χ0n) is 27.7. The molecule has 4 aromatic carbocycles. The molecule has 0 spiro atoms. The molecule has 0 atom stereocenters. The summed E-state index contributed by atoms with van der Waals surface area (Å²) in [5.41, 5.74) is 8.11. The molecule has 0 aliphatic carbocycles. The van der Waals surface area contributed by atoms with E-state index in [2.05, 4.69) is 147 Å². The third-order valence-electron chi connectivity index (χ3n) is 8.42. The highest BCUT2D eigenvalue weighted by Gasteiger charge is 2.39. The van der Waals surface area contributed by atoms with Crippen molar-refractivity contribution in [3.05, 3.63) is 136 Å². The summed E-state index contributed by atoms with van der Waals surface area (Å²) in [5, 5.41) is 0. The number of ether oxygens (including phenoxy) is 2. The number of rotatable bonds is 7. The van der Waals surface area contributed by atoms with E-state index >= 15 is 0 Å². The largest absolute Gasteiger partial charge is 0.482 e. The normalized spacial score (nSPS) is 12.6. The summed E-state index contributed by atoms with van der Waals surface area (Å²) in [5.74, 6) is 0.215. The van der Waals surface area contributed by atoms with Crippen molar-refractivity contribution < 1.29 is 14.3 Å². The van der Waals surface area contributed by atoms with Gasteiger partial charge in [0.25, 0.3) is 0 Å². The van der Waals surface area contributed by atoms with Gasteiger partial charge in [-0.3, -0.25) is 0 Å². The van der Waals surface area contributed by atoms with Crippen LogP contribution in [0.1, 0.15) is 101 Å². The Morgan fingerprint density at radius 3 is 0.977 bits per heavy atom. The lowest BCUT2D eigenvalue weighted by Gasteiger charge is -2.38. The predicted octanol–water partition coefficient (Wildman–Crippen LogP) is 9.51. The fourth-order valence-electron chi connectivity index (χ4n) is 5.66. The summed E-state index contributed by atoms with van der Waals surface area (Å²) < 4.78 is 10.5. The fraction of sp³-hybridized carbons (Fsp3) is 0.375. The SMILES string of the molecule is COC(=O)COc1ccc(C(c2ccc(C(C)(C)C)cc2)(c2ccc(C(C)(C)C)cc2)c2ccc(C(C)(C)C)cc2)cc1. The Labute approximate surface area is 259 Å². The summed E-state index contributed by atoms with van der Waals surface area (Å²) in [7, 11) is 1.37. The summed E-state index contributed by atoms with van der Waals surface area (Å²) in [6.07, 6.45) is 0. The molecule has 0 aliphatic rings. The van der Waals surface area contributed by atoms with Gasteiger partial charge in [0.2, 0.25) is 0 Å². The van der Waals surface area contributed by atoms with Crippen molar-refractivity contribution in [2.45, 2.75) is 84.0 Å². The van der Waals surface area contributed by atoms with Crippen molar-refractivity contribution in [3.63, 3.8) is 0 Å². The topological polar surface area (TPSA) is 35.5 Å². The van der Waals surface area contributed by atoms with Crippen LogP contribution in [-0.2, 0) is 31.2 Å². The van der Waals surface area contributed by atoms with Crippen LogP contribution in [0.5, 0.6) is 5.75 Å². The van der Waals surface area contributed by atoms with Crippen molar-refractivity contribution >= 4 is 5.97 Å². The Morgan fingerprint density at radius 1 is 0.465 bits per heavy atom. The molecule has 0 radical (unpaired) electrons. The molecule has 0 aromatic heterocycles. The smallest absolute Gasteiger partial charge is 0.343 e. The zero-order chi connectivity index (χ0) is 31.6. The molecule has 0 amide bonds. The Morgan fingerprint density at radius 2 is 0.721 bits per heavy atom. The Hall–Kier alpha value is -3.85. The molecule has 4 aromatic rings. The summed E-state index contributed by atoms with van der Waals surface area (Å²) in [6.45, 7) is 20.1. The molecule has 0 aliphatic heterocycles. The van der Waals surface area contributed by atoms with E-state index in [4.69, 9.17) is 9.47 Å². The van der Waals surface area contributed by atoms with E-state index in [1.165, 1.54) is 40.5 Å². The van der Waals surface area contributed by atoms with Gasteiger partial charge >= 0.3 is 5.97 Å².